The van der Waals surface area contributed by atoms with E-state index in [1.807, 2.05) is 36.4 Å². The van der Waals surface area contributed by atoms with Crippen LogP contribution < -0.4 is 4.74 Å². The smallest absolute Gasteiger partial charge is 0.254 e. The van der Waals surface area contributed by atoms with E-state index in [-0.39, 0.29) is 35.5 Å². The van der Waals surface area contributed by atoms with Crippen molar-refractivity contribution in [1.29, 1.82) is 0 Å². The van der Waals surface area contributed by atoms with Crippen LogP contribution in [0, 0.1) is 30.8 Å². The van der Waals surface area contributed by atoms with Gasteiger partial charge in [-0.25, -0.2) is 0 Å². The number of amides is 2. The quantitative estimate of drug-likeness (QED) is 0.191. The summed E-state index contributed by atoms with van der Waals surface area (Å²) in [6.07, 6.45) is 6.66. The Balaban J connectivity index is 1.30. The average Bonchev–Trinajstić information content (AvgIpc) is 3.42. The van der Waals surface area contributed by atoms with Crippen molar-refractivity contribution in [3.63, 3.8) is 0 Å². The Morgan fingerprint density at radius 2 is 1.61 bits per heavy atom. The van der Waals surface area contributed by atoms with Gasteiger partial charge in [-0.3, -0.25) is 9.59 Å². The highest BCUT2D eigenvalue weighted by Crippen LogP contribution is 2.52. The van der Waals surface area contributed by atoms with Gasteiger partial charge in [0.05, 0.1) is 25.2 Å². The number of carbonyl (C=O) groups is 2. The number of halogens is 3. The zero-order valence-electron chi connectivity index (χ0n) is 16.2. The Bertz CT molecular complexity index is 1080. The lowest BCUT2D eigenvalue weighted by atomic mass is 9.85. The maximum absolute atomic E-state index is 12.8. The Morgan fingerprint density at radius 3 is 2.19 bits per heavy atom. The number of ether oxygens (including phenoxy) is 1. The number of fused-ring (bicyclic) bond motifs is 5. The number of carbonyl (C=O) groups excluding carboxylic acids is 2. The molecule has 1 aliphatic heterocycles. The molecule has 2 aromatic carbocycles. The molecule has 2 fully saturated rings. The van der Waals surface area contributed by atoms with Crippen LogP contribution in [-0.4, -0.2) is 23.0 Å². The molecule has 0 spiro atoms. The van der Waals surface area contributed by atoms with Crippen LogP contribution in [0.1, 0.15) is 17.5 Å². The summed E-state index contributed by atoms with van der Waals surface area (Å²) in [5.74, 6) is 0.355. The minimum absolute atomic E-state index is 0.171. The molecule has 0 radical (unpaired) electrons. The van der Waals surface area contributed by atoms with E-state index in [2.05, 4.69) is 62.4 Å². The molecule has 2 aliphatic carbocycles. The minimum atomic E-state index is -0.233. The third-order valence-corrected chi connectivity index (χ3v) is 7.94. The monoisotopic (exact) mass is 658 g/mol. The molecule has 0 unspecified atom stereocenters. The lowest BCUT2D eigenvalue weighted by molar-refractivity contribution is -0.140. The number of hydrogen-bond donors (Lipinski definition) is 0. The molecule has 5 rings (SSSR count). The van der Waals surface area contributed by atoms with Crippen LogP contribution >= 0.6 is 56.8 Å². The molecule has 5 nitrogen and oxygen atoms in total. The molecule has 3 aliphatic rings. The van der Waals surface area contributed by atoms with Gasteiger partial charge < -0.3 is 4.74 Å². The maximum Gasteiger partial charge on any atom is 0.254 e. The first-order valence-electron chi connectivity index (χ1n) is 9.89. The maximum atomic E-state index is 12.8. The second-order valence-corrected chi connectivity index (χ2v) is 10.7. The number of nitrogens with zero attached hydrogens (tertiary/aromatic N) is 2. The molecular formula is C23H17ClI2N2O3. The van der Waals surface area contributed by atoms with E-state index in [9.17, 15) is 9.59 Å². The van der Waals surface area contributed by atoms with Gasteiger partial charge in [-0.1, -0.05) is 35.9 Å². The van der Waals surface area contributed by atoms with Crippen LogP contribution in [-0.2, 0) is 16.2 Å². The first-order chi connectivity index (χ1) is 14.9. The predicted octanol–water partition coefficient (Wildman–Crippen LogP) is 5.27. The van der Waals surface area contributed by atoms with Gasteiger partial charge in [0, 0.05) is 5.02 Å². The molecule has 8 heteroatoms. The molecule has 1 saturated heterocycles. The van der Waals surface area contributed by atoms with Crippen molar-refractivity contribution in [2.24, 2.45) is 28.8 Å². The SMILES string of the molecule is O=C1[C@H]2[C@H](C(=O)N1/N=C\c1cc(I)c(OCc3ccc(Cl)cc3)c(I)c1)[C@H]1C=C[C@H]2C1. The number of allylic oxidation sites excluding steroid dienone is 2. The van der Waals surface area contributed by atoms with Crippen LogP contribution in [0.5, 0.6) is 5.75 Å². The summed E-state index contributed by atoms with van der Waals surface area (Å²) in [6, 6.07) is 11.4. The van der Waals surface area contributed by atoms with Crippen molar-refractivity contribution >= 4 is 74.8 Å². The summed E-state index contributed by atoms with van der Waals surface area (Å²) < 4.78 is 7.87. The molecule has 158 valence electrons. The number of hydrazone groups is 1. The number of imide groups is 1. The lowest BCUT2D eigenvalue weighted by Crippen LogP contribution is -2.28. The van der Waals surface area contributed by atoms with Crippen molar-refractivity contribution in [2.75, 3.05) is 0 Å². The Kier molecular flexibility index (Phi) is 5.85. The molecule has 2 amide bonds. The third-order valence-electron chi connectivity index (χ3n) is 6.09. The summed E-state index contributed by atoms with van der Waals surface area (Å²) >= 11 is 10.4. The van der Waals surface area contributed by atoms with E-state index in [1.54, 1.807) is 6.21 Å². The number of rotatable bonds is 5. The Morgan fingerprint density at radius 1 is 1.03 bits per heavy atom. The first kappa shape index (κ1) is 21.4. The highest BCUT2D eigenvalue weighted by Gasteiger charge is 2.59. The molecule has 1 heterocycles. The van der Waals surface area contributed by atoms with Gasteiger partial charge in [-0.05, 0) is 98.8 Å². The largest absolute Gasteiger partial charge is 0.487 e. The van der Waals surface area contributed by atoms with E-state index in [0.29, 0.717) is 11.6 Å². The van der Waals surface area contributed by atoms with E-state index in [4.69, 9.17) is 16.3 Å². The van der Waals surface area contributed by atoms with Gasteiger partial charge in [0.15, 0.2) is 0 Å². The number of benzene rings is 2. The second kappa shape index (κ2) is 8.47. The fourth-order valence-electron chi connectivity index (χ4n) is 4.65. The van der Waals surface area contributed by atoms with Gasteiger partial charge in [-0.15, -0.1) is 0 Å². The Hall–Kier alpha value is -1.46. The zero-order valence-corrected chi connectivity index (χ0v) is 21.2. The normalized spacial score (nSPS) is 26.4. The van der Waals surface area contributed by atoms with Crippen LogP contribution in [0.25, 0.3) is 0 Å². The molecule has 4 atom stereocenters. The minimum Gasteiger partial charge on any atom is -0.487 e. The van der Waals surface area contributed by atoms with E-state index in [1.165, 1.54) is 0 Å². The summed E-state index contributed by atoms with van der Waals surface area (Å²) in [7, 11) is 0. The summed E-state index contributed by atoms with van der Waals surface area (Å²) in [5.41, 5.74) is 1.84. The predicted molar refractivity (Wildman–Crippen MR) is 135 cm³/mol. The number of hydrogen-bond acceptors (Lipinski definition) is 4. The summed E-state index contributed by atoms with van der Waals surface area (Å²) in [4.78, 5) is 25.5. The van der Waals surface area contributed by atoms with Crippen molar-refractivity contribution in [3.8, 4) is 5.75 Å². The molecular weight excluding hydrogens is 642 g/mol. The van der Waals surface area contributed by atoms with Crippen LogP contribution in [0.3, 0.4) is 0 Å². The van der Waals surface area contributed by atoms with Gasteiger partial charge in [-0.2, -0.15) is 10.1 Å². The summed E-state index contributed by atoms with van der Waals surface area (Å²) in [5, 5.41) is 6.04. The summed E-state index contributed by atoms with van der Waals surface area (Å²) in [6.45, 7) is 0.437. The van der Waals surface area contributed by atoms with E-state index >= 15 is 0 Å². The zero-order chi connectivity index (χ0) is 21.7. The first-order valence-corrected chi connectivity index (χ1v) is 12.4. The van der Waals surface area contributed by atoms with Gasteiger partial charge >= 0.3 is 0 Å². The fraction of sp³-hybridized carbons (Fsp3) is 0.261. The van der Waals surface area contributed by atoms with Gasteiger partial charge in [0.1, 0.15) is 12.4 Å². The van der Waals surface area contributed by atoms with Gasteiger partial charge in [0.2, 0.25) is 0 Å². The molecule has 0 aromatic heterocycles. The topological polar surface area (TPSA) is 59.0 Å². The Labute approximate surface area is 212 Å². The molecule has 0 N–H and O–H groups in total. The van der Waals surface area contributed by atoms with Crippen molar-refractivity contribution < 1.29 is 14.3 Å². The molecule has 2 bridgehead atoms. The van der Waals surface area contributed by atoms with E-state index in [0.717, 1.165) is 35.4 Å². The van der Waals surface area contributed by atoms with Crippen LogP contribution in [0.15, 0.2) is 53.7 Å². The van der Waals surface area contributed by atoms with Crippen LogP contribution in [0.4, 0.5) is 0 Å². The second-order valence-electron chi connectivity index (χ2n) is 7.96. The molecule has 31 heavy (non-hydrogen) atoms. The van der Waals surface area contributed by atoms with Crippen molar-refractivity contribution in [3.05, 3.63) is 71.8 Å². The van der Waals surface area contributed by atoms with E-state index < -0.39 is 0 Å². The van der Waals surface area contributed by atoms with Crippen LogP contribution in [0.2, 0.25) is 5.02 Å². The van der Waals surface area contributed by atoms with Gasteiger partial charge in [0.25, 0.3) is 11.8 Å². The van der Waals surface area contributed by atoms with Crippen molar-refractivity contribution in [2.45, 2.75) is 13.0 Å². The average molecular weight is 659 g/mol. The highest BCUT2D eigenvalue weighted by molar-refractivity contribution is 14.1. The third kappa shape index (κ3) is 3.93. The van der Waals surface area contributed by atoms with Crippen molar-refractivity contribution in [1.82, 2.24) is 5.01 Å². The standard InChI is InChI=1S/C23H17ClI2N2O3/c24-16-5-1-12(2-6-16)11-31-21-17(25)7-13(8-18(21)26)10-27-28-22(29)19-14-3-4-15(9-14)20(19)23(28)30/h1-8,10,14-15,19-20H,9,11H2/b27-10-/t14-,15-,19+,20+/m0/s1. The lowest BCUT2D eigenvalue weighted by Gasteiger charge is -2.13. The highest BCUT2D eigenvalue weighted by atomic mass is 127. The molecule has 2 aromatic rings. The fourth-order valence-corrected chi connectivity index (χ4v) is 6.91. The molecule has 1 saturated carbocycles.